The maximum absolute atomic E-state index is 12.7. The quantitative estimate of drug-likeness (QED) is 0.810. The Morgan fingerprint density at radius 1 is 1.24 bits per heavy atom. The van der Waals surface area contributed by atoms with Crippen LogP contribution in [0, 0.1) is 11.8 Å². The molecule has 1 N–H and O–H groups in total. The Morgan fingerprint density at radius 2 is 1.86 bits per heavy atom. The number of rotatable bonds is 6. The molecule has 2 atom stereocenters. The summed E-state index contributed by atoms with van der Waals surface area (Å²) in [5.41, 5.74) is 0.664. The third-order valence-electron chi connectivity index (χ3n) is 4.70. The minimum atomic E-state index is -0.509. The molecule has 0 heterocycles. The van der Waals surface area contributed by atoms with E-state index in [9.17, 15) is 9.90 Å². The van der Waals surface area contributed by atoms with Gasteiger partial charge in [-0.3, -0.25) is 4.79 Å². The van der Waals surface area contributed by atoms with E-state index in [2.05, 4.69) is 0 Å². The lowest BCUT2D eigenvalue weighted by Gasteiger charge is -2.31. The standard InChI is InChI=1S/C18H26O3/c1-3-16(17(19)13-7-5-4-6-8-13)18(20)14-9-11-15(21-2)12-10-14/h9-13,16-17,19H,3-8H2,1-2H3/t16-,17-/m0/s1. The molecule has 116 valence electrons. The normalized spacial score (nSPS) is 19.0. The van der Waals surface area contributed by atoms with Crippen LogP contribution >= 0.6 is 0 Å². The molecular formula is C18H26O3. The summed E-state index contributed by atoms with van der Waals surface area (Å²) in [6.45, 7) is 1.98. The molecule has 1 saturated carbocycles. The predicted octanol–water partition coefficient (Wildman–Crippen LogP) is 3.85. The summed E-state index contributed by atoms with van der Waals surface area (Å²) >= 11 is 0. The van der Waals surface area contributed by atoms with E-state index >= 15 is 0 Å². The van der Waals surface area contributed by atoms with Crippen LogP contribution in [-0.2, 0) is 0 Å². The minimum Gasteiger partial charge on any atom is -0.497 e. The largest absolute Gasteiger partial charge is 0.497 e. The van der Waals surface area contributed by atoms with Gasteiger partial charge in [0.05, 0.1) is 13.2 Å². The van der Waals surface area contributed by atoms with Gasteiger partial charge in [-0.05, 0) is 49.4 Å². The second-order valence-electron chi connectivity index (χ2n) is 6.00. The average molecular weight is 290 g/mol. The molecule has 1 aromatic rings. The molecule has 0 aliphatic heterocycles. The van der Waals surface area contributed by atoms with Crippen LogP contribution in [0.25, 0.3) is 0 Å². The fourth-order valence-electron chi connectivity index (χ4n) is 3.36. The van der Waals surface area contributed by atoms with E-state index in [4.69, 9.17) is 4.74 Å². The third kappa shape index (κ3) is 3.85. The number of hydrogen-bond donors (Lipinski definition) is 1. The van der Waals surface area contributed by atoms with Gasteiger partial charge < -0.3 is 9.84 Å². The van der Waals surface area contributed by atoms with Crippen molar-refractivity contribution < 1.29 is 14.6 Å². The number of aliphatic hydroxyl groups is 1. The first-order valence-electron chi connectivity index (χ1n) is 8.03. The van der Waals surface area contributed by atoms with Gasteiger partial charge in [0, 0.05) is 11.5 Å². The van der Waals surface area contributed by atoms with Crippen molar-refractivity contribution in [2.24, 2.45) is 11.8 Å². The van der Waals surface area contributed by atoms with E-state index in [0.29, 0.717) is 12.0 Å². The Morgan fingerprint density at radius 3 is 2.38 bits per heavy atom. The molecule has 1 aliphatic rings. The SMILES string of the molecule is CC[C@H](C(=O)c1ccc(OC)cc1)[C@@H](O)C1CCCCC1. The van der Waals surface area contributed by atoms with E-state index in [1.54, 1.807) is 31.4 Å². The molecule has 0 amide bonds. The van der Waals surface area contributed by atoms with Gasteiger partial charge in [0.2, 0.25) is 0 Å². The Kier molecular flexibility index (Phi) is 5.80. The molecule has 3 nitrogen and oxygen atoms in total. The van der Waals surface area contributed by atoms with Gasteiger partial charge in [0.1, 0.15) is 5.75 Å². The molecule has 0 spiro atoms. The van der Waals surface area contributed by atoms with Crippen LogP contribution in [0.1, 0.15) is 55.8 Å². The molecule has 0 bridgehead atoms. The molecular weight excluding hydrogens is 264 g/mol. The zero-order valence-electron chi connectivity index (χ0n) is 13.0. The number of Topliss-reactive ketones (excluding diaryl/α,β-unsaturated/α-hetero) is 1. The number of methoxy groups -OCH3 is 1. The molecule has 0 aromatic heterocycles. The Balaban J connectivity index is 2.09. The van der Waals surface area contributed by atoms with Crippen molar-refractivity contribution in [3.8, 4) is 5.75 Å². The number of carbonyl (C=O) groups is 1. The van der Waals surface area contributed by atoms with E-state index in [-0.39, 0.29) is 17.6 Å². The highest BCUT2D eigenvalue weighted by atomic mass is 16.5. The van der Waals surface area contributed by atoms with Gasteiger partial charge >= 0.3 is 0 Å². The van der Waals surface area contributed by atoms with Crippen LogP contribution in [0.4, 0.5) is 0 Å². The minimum absolute atomic E-state index is 0.0539. The van der Waals surface area contributed by atoms with Crippen LogP contribution in [-0.4, -0.2) is 24.1 Å². The maximum Gasteiger partial charge on any atom is 0.168 e. The first-order chi connectivity index (χ1) is 10.2. The van der Waals surface area contributed by atoms with Gasteiger partial charge in [-0.25, -0.2) is 0 Å². The number of carbonyl (C=O) groups excluding carboxylic acids is 1. The number of benzene rings is 1. The van der Waals surface area contributed by atoms with E-state index < -0.39 is 6.10 Å². The number of ketones is 1. The molecule has 1 fully saturated rings. The van der Waals surface area contributed by atoms with Gasteiger partial charge in [0.25, 0.3) is 0 Å². The average Bonchev–Trinajstić information content (AvgIpc) is 2.56. The second kappa shape index (κ2) is 7.60. The van der Waals surface area contributed by atoms with Crippen LogP contribution in [0.5, 0.6) is 5.75 Å². The zero-order valence-corrected chi connectivity index (χ0v) is 13.0. The Labute approximate surface area is 127 Å². The van der Waals surface area contributed by atoms with E-state index in [1.807, 2.05) is 6.92 Å². The summed E-state index contributed by atoms with van der Waals surface area (Å²) in [6, 6.07) is 7.18. The van der Waals surface area contributed by atoms with Crippen molar-refractivity contribution >= 4 is 5.78 Å². The summed E-state index contributed by atoms with van der Waals surface area (Å²) in [4.78, 5) is 12.7. The topological polar surface area (TPSA) is 46.5 Å². The van der Waals surface area contributed by atoms with Crippen molar-refractivity contribution in [3.63, 3.8) is 0 Å². The highest BCUT2D eigenvalue weighted by Gasteiger charge is 2.32. The summed E-state index contributed by atoms with van der Waals surface area (Å²) in [5, 5.41) is 10.6. The molecule has 1 aliphatic carbocycles. The summed E-state index contributed by atoms with van der Waals surface area (Å²) in [7, 11) is 1.61. The maximum atomic E-state index is 12.7. The van der Waals surface area contributed by atoms with Crippen molar-refractivity contribution in [2.75, 3.05) is 7.11 Å². The molecule has 0 unspecified atom stereocenters. The number of hydrogen-bond acceptors (Lipinski definition) is 3. The summed E-state index contributed by atoms with van der Waals surface area (Å²) < 4.78 is 5.12. The van der Waals surface area contributed by atoms with Crippen molar-refractivity contribution in [3.05, 3.63) is 29.8 Å². The smallest absolute Gasteiger partial charge is 0.168 e. The monoisotopic (exact) mass is 290 g/mol. The first-order valence-corrected chi connectivity index (χ1v) is 8.03. The molecule has 0 saturated heterocycles. The summed E-state index contributed by atoms with van der Waals surface area (Å²) in [5.74, 6) is 0.790. The predicted molar refractivity (Wildman–Crippen MR) is 83.7 cm³/mol. The van der Waals surface area contributed by atoms with Gasteiger partial charge in [-0.15, -0.1) is 0 Å². The van der Waals surface area contributed by atoms with Crippen LogP contribution in [0.3, 0.4) is 0 Å². The van der Waals surface area contributed by atoms with Crippen molar-refractivity contribution in [1.29, 1.82) is 0 Å². The lowest BCUT2D eigenvalue weighted by molar-refractivity contribution is 0.0299. The Bertz CT molecular complexity index is 446. The molecule has 2 rings (SSSR count). The number of aliphatic hydroxyl groups excluding tert-OH is 1. The molecule has 21 heavy (non-hydrogen) atoms. The molecule has 0 radical (unpaired) electrons. The third-order valence-corrected chi connectivity index (χ3v) is 4.70. The van der Waals surface area contributed by atoms with Crippen LogP contribution < -0.4 is 4.74 Å². The second-order valence-corrected chi connectivity index (χ2v) is 6.00. The van der Waals surface area contributed by atoms with Crippen LogP contribution in [0.2, 0.25) is 0 Å². The van der Waals surface area contributed by atoms with Gasteiger partial charge in [-0.2, -0.15) is 0 Å². The lowest BCUT2D eigenvalue weighted by Crippen LogP contribution is -2.35. The molecule has 3 heteroatoms. The van der Waals surface area contributed by atoms with Crippen LogP contribution in [0.15, 0.2) is 24.3 Å². The highest BCUT2D eigenvalue weighted by Crippen LogP contribution is 2.32. The lowest BCUT2D eigenvalue weighted by atomic mass is 9.77. The Hall–Kier alpha value is -1.35. The van der Waals surface area contributed by atoms with E-state index in [0.717, 1.165) is 18.6 Å². The first kappa shape index (κ1) is 16.0. The van der Waals surface area contributed by atoms with E-state index in [1.165, 1.54) is 19.3 Å². The fraction of sp³-hybridized carbons (Fsp3) is 0.611. The number of ether oxygens (including phenoxy) is 1. The fourth-order valence-corrected chi connectivity index (χ4v) is 3.36. The van der Waals surface area contributed by atoms with Gasteiger partial charge in [0.15, 0.2) is 5.78 Å². The molecule has 1 aromatic carbocycles. The summed E-state index contributed by atoms with van der Waals surface area (Å²) in [6.07, 6.45) is 5.88. The van der Waals surface area contributed by atoms with Crippen molar-refractivity contribution in [2.45, 2.75) is 51.6 Å². The van der Waals surface area contributed by atoms with Gasteiger partial charge in [-0.1, -0.05) is 26.2 Å². The van der Waals surface area contributed by atoms with Crippen molar-refractivity contribution in [1.82, 2.24) is 0 Å². The zero-order chi connectivity index (χ0) is 15.2. The highest BCUT2D eigenvalue weighted by molar-refractivity contribution is 5.98.